The standard InChI is InChI=1S/C17H22BrNO2/c1-12(2)9-19-10-14-6-7-20-17(14)11-21-16-5-4-15(18)8-13(16)3/h4-8,12,19H,9-11H2,1-3H3. The van der Waals surface area contributed by atoms with Gasteiger partial charge in [0.15, 0.2) is 0 Å². The number of nitrogens with one attached hydrogen (secondary N) is 1. The summed E-state index contributed by atoms with van der Waals surface area (Å²) < 4.78 is 12.5. The van der Waals surface area contributed by atoms with E-state index >= 15 is 0 Å². The van der Waals surface area contributed by atoms with Gasteiger partial charge in [0, 0.05) is 16.6 Å². The fourth-order valence-corrected chi connectivity index (χ4v) is 2.54. The maximum absolute atomic E-state index is 5.86. The number of hydrogen-bond acceptors (Lipinski definition) is 3. The van der Waals surface area contributed by atoms with Gasteiger partial charge in [0.1, 0.15) is 18.1 Å². The van der Waals surface area contributed by atoms with Gasteiger partial charge in [0.25, 0.3) is 0 Å². The van der Waals surface area contributed by atoms with E-state index in [2.05, 4.69) is 35.1 Å². The third-order valence-electron chi connectivity index (χ3n) is 3.20. The molecule has 1 N–H and O–H groups in total. The molecule has 3 nitrogen and oxygen atoms in total. The van der Waals surface area contributed by atoms with E-state index in [0.29, 0.717) is 12.5 Å². The fraction of sp³-hybridized carbons (Fsp3) is 0.412. The Hall–Kier alpha value is -1.26. The van der Waals surface area contributed by atoms with Gasteiger partial charge < -0.3 is 14.5 Å². The van der Waals surface area contributed by atoms with Crippen molar-refractivity contribution in [1.82, 2.24) is 5.32 Å². The van der Waals surface area contributed by atoms with Crippen LogP contribution in [0.4, 0.5) is 0 Å². The Balaban J connectivity index is 1.92. The van der Waals surface area contributed by atoms with Gasteiger partial charge in [-0.05, 0) is 49.2 Å². The summed E-state index contributed by atoms with van der Waals surface area (Å²) in [5.41, 5.74) is 2.26. The van der Waals surface area contributed by atoms with Gasteiger partial charge in [-0.25, -0.2) is 0 Å². The van der Waals surface area contributed by atoms with Crippen molar-refractivity contribution in [2.24, 2.45) is 5.92 Å². The van der Waals surface area contributed by atoms with Gasteiger partial charge in [-0.2, -0.15) is 0 Å². The second-order valence-electron chi connectivity index (χ2n) is 5.59. The van der Waals surface area contributed by atoms with Crippen LogP contribution in [0, 0.1) is 12.8 Å². The lowest BCUT2D eigenvalue weighted by molar-refractivity contribution is 0.266. The SMILES string of the molecule is Cc1cc(Br)ccc1OCc1occc1CNCC(C)C. The number of rotatable bonds is 7. The normalized spacial score (nSPS) is 11.1. The first-order valence-corrected chi connectivity index (χ1v) is 8.00. The molecule has 2 aromatic rings. The van der Waals surface area contributed by atoms with Crippen LogP contribution in [0.1, 0.15) is 30.7 Å². The summed E-state index contributed by atoms with van der Waals surface area (Å²) in [7, 11) is 0. The average molecular weight is 352 g/mol. The summed E-state index contributed by atoms with van der Waals surface area (Å²) in [5.74, 6) is 2.41. The van der Waals surface area contributed by atoms with Crippen molar-refractivity contribution >= 4 is 15.9 Å². The zero-order valence-electron chi connectivity index (χ0n) is 12.8. The number of furan rings is 1. The van der Waals surface area contributed by atoms with Crippen molar-refractivity contribution in [2.75, 3.05) is 6.54 Å². The highest BCUT2D eigenvalue weighted by molar-refractivity contribution is 9.10. The third-order valence-corrected chi connectivity index (χ3v) is 3.69. The Kier molecular flexibility index (Phi) is 5.88. The van der Waals surface area contributed by atoms with Crippen molar-refractivity contribution in [2.45, 2.75) is 33.9 Å². The number of halogens is 1. The molecule has 0 aliphatic carbocycles. The molecule has 4 heteroatoms. The minimum absolute atomic E-state index is 0.453. The van der Waals surface area contributed by atoms with Crippen molar-refractivity contribution in [3.63, 3.8) is 0 Å². The van der Waals surface area contributed by atoms with E-state index in [1.54, 1.807) is 6.26 Å². The van der Waals surface area contributed by atoms with Crippen LogP contribution in [0.2, 0.25) is 0 Å². The summed E-state index contributed by atoms with van der Waals surface area (Å²) in [6.07, 6.45) is 1.72. The molecule has 0 saturated carbocycles. The zero-order valence-corrected chi connectivity index (χ0v) is 14.4. The molecular formula is C17H22BrNO2. The molecule has 1 aromatic heterocycles. The molecule has 2 rings (SSSR count). The van der Waals surface area contributed by atoms with E-state index < -0.39 is 0 Å². The van der Waals surface area contributed by atoms with Crippen LogP contribution in [-0.4, -0.2) is 6.54 Å². The van der Waals surface area contributed by atoms with Crippen molar-refractivity contribution in [3.05, 3.63) is 51.9 Å². The Morgan fingerprint density at radius 1 is 1.29 bits per heavy atom. The van der Waals surface area contributed by atoms with Gasteiger partial charge in [-0.3, -0.25) is 0 Å². The minimum Gasteiger partial charge on any atom is -0.485 e. The van der Waals surface area contributed by atoms with Crippen molar-refractivity contribution in [1.29, 1.82) is 0 Å². The van der Waals surface area contributed by atoms with Crippen LogP contribution in [0.5, 0.6) is 5.75 Å². The average Bonchev–Trinajstić information content (AvgIpc) is 2.85. The smallest absolute Gasteiger partial charge is 0.146 e. The molecule has 0 atom stereocenters. The summed E-state index contributed by atoms with van der Waals surface area (Å²) in [6.45, 7) is 8.69. The summed E-state index contributed by atoms with van der Waals surface area (Å²) in [6, 6.07) is 8.00. The lowest BCUT2D eigenvalue weighted by Crippen LogP contribution is -2.19. The maximum atomic E-state index is 5.86. The van der Waals surface area contributed by atoms with E-state index in [9.17, 15) is 0 Å². The monoisotopic (exact) mass is 351 g/mol. The number of hydrogen-bond donors (Lipinski definition) is 1. The molecule has 0 bridgehead atoms. The van der Waals surface area contributed by atoms with E-state index in [4.69, 9.17) is 9.15 Å². The first-order valence-electron chi connectivity index (χ1n) is 7.21. The van der Waals surface area contributed by atoms with Crippen LogP contribution in [0.25, 0.3) is 0 Å². The molecule has 114 valence electrons. The Bertz CT molecular complexity index is 578. The zero-order chi connectivity index (χ0) is 15.2. The highest BCUT2D eigenvalue weighted by Crippen LogP contribution is 2.23. The van der Waals surface area contributed by atoms with Gasteiger partial charge in [0.05, 0.1) is 6.26 Å². The molecule has 0 aliphatic heterocycles. The van der Waals surface area contributed by atoms with Gasteiger partial charge >= 0.3 is 0 Å². The predicted octanol–water partition coefficient (Wildman–Crippen LogP) is 4.68. The van der Waals surface area contributed by atoms with Crippen molar-refractivity contribution < 1.29 is 9.15 Å². The van der Waals surface area contributed by atoms with Gasteiger partial charge in [-0.1, -0.05) is 29.8 Å². The van der Waals surface area contributed by atoms with Crippen LogP contribution in [0.3, 0.4) is 0 Å². The molecule has 0 spiro atoms. The van der Waals surface area contributed by atoms with Gasteiger partial charge in [-0.15, -0.1) is 0 Å². The van der Waals surface area contributed by atoms with Crippen LogP contribution >= 0.6 is 15.9 Å². The molecule has 1 aromatic carbocycles. The van der Waals surface area contributed by atoms with Gasteiger partial charge in [0.2, 0.25) is 0 Å². The molecule has 0 saturated heterocycles. The molecule has 0 unspecified atom stereocenters. The van der Waals surface area contributed by atoms with E-state index in [-0.39, 0.29) is 0 Å². The van der Waals surface area contributed by atoms with E-state index in [0.717, 1.165) is 40.2 Å². The molecule has 0 aliphatic rings. The van der Waals surface area contributed by atoms with E-state index in [1.165, 1.54) is 0 Å². The Labute approximate surface area is 134 Å². The van der Waals surface area contributed by atoms with Crippen LogP contribution in [-0.2, 0) is 13.2 Å². The predicted molar refractivity (Wildman–Crippen MR) is 88.5 cm³/mol. The third kappa shape index (κ3) is 4.90. The lowest BCUT2D eigenvalue weighted by Gasteiger charge is -2.10. The quantitative estimate of drug-likeness (QED) is 0.786. The van der Waals surface area contributed by atoms with Crippen LogP contribution in [0.15, 0.2) is 39.4 Å². The highest BCUT2D eigenvalue weighted by Gasteiger charge is 2.08. The fourth-order valence-electron chi connectivity index (χ4n) is 2.06. The second kappa shape index (κ2) is 7.66. The molecule has 1 heterocycles. The van der Waals surface area contributed by atoms with E-state index in [1.807, 2.05) is 31.2 Å². The Morgan fingerprint density at radius 2 is 2.10 bits per heavy atom. The second-order valence-corrected chi connectivity index (χ2v) is 6.51. The summed E-state index contributed by atoms with van der Waals surface area (Å²) in [4.78, 5) is 0. The molecular weight excluding hydrogens is 330 g/mol. The number of ether oxygens (including phenoxy) is 1. The Morgan fingerprint density at radius 3 is 2.81 bits per heavy atom. The lowest BCUT2D eigenvalue weighted by atomic mass is 10.2. The largest absolute Gasteiger partial charge is 0.485 e. The topological polar surface area (TPSA) is 34.4 Å². The highest BCUT2D eigenvalue weighted by atomic mass is 79.9. The minimum atomic E-state index is 0.453. The molecule has 0 amide bonds. The van der Waals surface area contributed by atoms with Crippen molar-refractivity contribution in [3.8, 4) is 5.75 Å². The molecule has 21 heavy (non-hydrogen) atoms. The maximum Gasteiger partial charge on any atom is 0.146 e. The number of benzene rings is 1. The number of aryl methyl sites for hydroxylation is 1. The summed E-state index contributed by atoms with van der Waals surface area (Å²) in [5, 5.41) is 3.42. The first-order chi connectivity index (χ1) is 10.1. The molecule has 0 radical (unpaired) electrons. The summed E-state index contributed by atoms with van der Waals surface area (Å²) >= 11 is 3.46. The van der Waals surface area contributed by atoms with Crippen LogP contribution < -0.4 is 10.1 Å². The first kappa shape index (κ1) is 16.1. The molecule has 0 fully saturated rings.